The molecule has 4 fully saturated rings. The van der Waals surface area contributed by atoms with Crippen LogP contribution in [0.15, 0.2) is 0 Å². The molecule has 3 aliphatic carbocycles. The molecular weight excluding hydrogens is 136 g/mol. The molecule has 1 saturated heterocycles. The smallest absolute Gasteiger partial charge is 0.0949 e. The van der Waals surface area contributed by atoms with Gasteiger partial charge in [0.05, 0.1) is 12.2 Å². The molecule has 62 valence electrons. The van der Waals surface area contributed by atoms with Crippen LogP contribution in [0.3, 0.4) is 0 Å². The van der Waals surface area contributed by atoms with Crippen LogP contribution in [0.25, 0.3) is 0 Å². The topological polar surface area (TPSA) is 12.5 Å². The van der Waals surface area contributed by atoms with Crippen molar-refractivity contribution in [3.05, 3.63) is 0 Å². The lowest BCUT2D eigenvalue weighted by molar-refractivity contribution is -0.115. The second-order valence-corrected chi connectivity index (χ2v) is 5.20. The van der Waals surface area contributed by atoms with E-state index >= 15 is 0 Å². The van der Waals surface area contributed by atoms with E-state index < -0.39 is 0 Å². The maximum absolute atomic E-state index is 5.62. The van der Waals surface area contributed by atoms with Crippen molar-refractivity contribution >= 4 is 0 Å². The van der Waals surface area contributed by atoms with Crippen molar-refractivity contribution in [3.8, 4) is 0 Å². The van der Waals surface area contributed by atoms with E-state index in [-0.39, 0.29) is 0 Å². The van der Waals surface area contributed by atoms with Crippen molar-refractivity contribution in [2.75, 3.05) is 6.61 Å². The Balaban J connectivity index is 1.94. The van der Waals surface area contributed by atoms with Gasteiger partial charge >= 0.3 is 0 Å². The standard InChI is InChI=1S/C10H16O/c1-9(2)7-3-4-10(6-11-10)8(9)5-7/h7-8H,3-6H2,1-2H3/t7-,8+,10?/m0/s1. The Bertz CT molecular complexity index is 199. The summed E-state index contributed by atoms with van der Waals surface area (Å²) in [5.41, 5.74) is 0.993. The fourth-order valence-corrected chi connectivity index (χ4v) is 3.43. The molecule has 0 aromatic heterocycles. The Kier molecular flexibility index (Phi) is 0.893. The second-order valence-electron chi connectivity index (χ2n) is 5.20. The molecule has 3 saturated carbocycles. The van der Waals surface area contributed by atoms with Gasteiger partial charge in [0.1, 0.15) is 0 Å². The molecule has 1 heteroatoms. The van der Waals surface area contributed by atoms with Crippen LogP contribution in [-0.4, -0.2) is 12.2 Å². The Morgan fingerprint density at radius 1 is 1.36 bits per heavy atom. The van der Waals surface area contributed by atoms with E-state index in [0.717, 1.165) is 18.4 Å². The van der Waals surface area contributed by atoms with Gasteiger partial charge in [-0.25, -0.2) is 0 Å². The number of fused-ring (bicyclic) bond motifs is 1. The molecule has 4 rings (SSSR count). The maximum Gasteiger partial charge on any atom is 0.0949 e. The van der Waals surface area contributed by atoms with E-state index in [1.54, 1.807) is 0 Å². The van der Waals surface area contributed by atoms with E-state index in [1.807, 2.05) is 0 Å². The zero-order valence-corrected chi connectivity index (χ0v) is 7.39. The molecule has 2 bridgehead atoms. The first-order chi connectivity index (χ1) is 5.15. The molecular formula is C10H16O. The minimum absolute atomic E-state index is 0.387. The van der Waals surface area contributed by atoms with E-state index in [0.29, 0.717) is 11.0 Å². The third kappa shape index (κ3) is 0.581. The highest BCUT2D eigenvalue weighted by Gasteiger charge is 2.67. The first-order valence-electron chi connectivity index (χ1n) is 4.79. The van der Waals surface area contributed by atoms with Gasteiger partial charge in [-0.2, -0.15) is 0 Å². The van der Waals surface area contributed by atoms with E-state index in [1.165, 1.54) is 19.3 Å². The minimum atomic E-state index is 0.387. The lowest BCUT2D eigenvalue weighted by atomic mass is 9.45. The fourth-order valence-electron chi connectivity index (χ4n) is 3.43. The molecule has 0 aromatic carbocycles. The van der Waals surface area contributed by atoms with Crippen LogP contribution in [0.1, 0.15) is 33.1 Å². The lowest BCUT2D eigenvalue weighted by Crippen LogP contribution is -2.56. The monoisotopic (exact) mass is 152 g/mol. The summed E-state index contributed by atoms with van der Waals surface area (Å²) in [6.45, 7) is 5.91. The van der Waals surface area contributed by atoms with Crippen LogP contribution in [0.5, 0.6) is 0 Å². The highest BCUT2D eigenvalue weighted by atomic mass is 16.6. The minimum Gasteiger partial charge on any atom is -0.369 e. The van der Waals surface area contributed by atoms with Crippen LogP contribution in [0, 0.1) is 17.3 Å². The van der Waals surface area contributed by atoms with Crippen LogP contribution in [-0.2, 0) is 4.74 Å². The van der Waals surface area contributed by atoms with Crippen LogP contribution in [0.2, 0.25) is 0 Å². The third-order valence-electron chi connectivity index (χ3n) is 4.54. The zero-order valence-electron chi connectivity index (χ0n) is 7.39. The quantitative estimate of drug-likeness (QED) is 0.485. The number of rotatable bonds is 0. The molecule has 3 atom stereocenters. The van der Waals surface area contributed by atoms with Crippen LogP contribution in [0.4, 0.5) is 0 Å². The number of hydrogen-bond acceptors (Lipinski definition) is 1. The average molecular weight is 152 g/mol. The summed E-state index contributed by atoms with van der Waals surface area (Å²) in [5, 5.41) is 0. The third-order valence-corrected chi connectivity index (χ3v) is 4.54. The first kappa shape index (κ1) is 6.47. The van der Waals surface area contributed by atoms with Gasteiger partial charge in [0.15, 0.2) is 0 Å². The fraction of sp³-hybridized carbons (Fsp3) is 1.00. The van der Waals surface area contributed by atoms with Crippen molar-refractivity contribution < 1.29 is 4.74 Å². The lowest BCUT2D eigenvalue weighted by Gasteiger charge is -2.59. The highest BCUT2D eigenvalue weighted by molar-refractivity contribution is 5.15. The molecule has 0 radical (unpaired) electrons. The number of epoxide rings is 1. The molecule has 4 aliphatic rings. The van der Waals surface area contributed by atoms with Gasteiger partial charge in [-0.1, -0.05) is 13.8 Å². The molecule has 1 spiro atoms. The summed E-state index contributed by atoms with van der Waals surface area (Å²) >= 11 is 0. The molecule has 0 amide bonds. The summed E-state index contributed by atoms with van der Waals surface area (Å²) in [6.07, 6.45) is 4.22. The molecule has 0 aromatic rings. The molecule has 1 heterocycles. The number of hydrogen-bond donors (Lipinski definition) is 0. The molecule has 1 nitrogen and oxygen atoms in total. The van der Waals surface area contributed by atoms with E-state index in [4.69, 9.17) is 4.74 Å². The first-order valence-corrected chi connectivity index (χ1v) is 4.79. The predicted octanol–water partition coefficient (Wildman–Crippen LogP) is 2.21. The van der Waals surface area contributed by atoms with Crippen molar-refractivity contribution in [2.24, 2.45) is 17.3 Å². The van der Waals surface area contributed by atoms with Gasteiger partial charge in [-0.3, -0.25) is 0 Å². The maximum atomic E-state index is 5.62. The Labute approximate surface area is 68.1 Å². The van der Waals surface area contributed by atoms with Crippen molar-refractivity contribution in [1.82, 2.24) is 0 Å². The van der Waals surface area contributed by atoms with E-state index in [9.17, 15) is 0 Å². The Morgan fingerprint density at radius 3 is 2.45 bits per heavy atom. The van der Waals surface area contributed by atoms with Crippen molar-refractivity contribution in [1.29, 1.82) is 0 Å². The molecule has 1 unspecified atom stereocenters. The summed E-state index contributed by atoms with van der Waals surface area (Å²) in [5.74, 6) is 1.91. The summed E-state index contributed by atoms with van der Waals surface area (Å²) in [4.78, 5) is 0. The van der Waals surface area contributed by atoms with Crippen LogP contribution < -0.4 is 0 Å². The largest absolute Gasteiger partial charge is 0.369 e. The average Bonchev–Trinajstić information content (AvgIpc) is 2.69. The van der Waals surface area contributed by atoms with Gasteiger partial charge in [0.2, 0.25) is 0 Å². The van der Waals surface area contributed by atoms with Gasteiger partial charge in [-0.15, -0.1) is 0 Å². The summed E-state index contributed by atoms with van der Waals surface area (Å²) in [7, 11) is 0. The van der Waals surface area contributed by atoms with Crippen molar-refractivity contribution in [2.45, 2.75) is 38.7 Å². The number of ether oxygens (including phenoxy) is 1. The van der Waals surface area contributed by atoms with E-state index in [2.05, 4.69) is 13.8 Å². The van der Waals surface area contributed by atoms with Gasteiger partial charge in [0, 0.05) is 0 Å². The summed E-state index contributed by atoms with van der Waals surface area (Å²) in [6, 6.07) is 0. The molecule has 11 heavy (non-hydrogen) atoms. The predicted molar refractivity (Wildman–Crippen MR) is 43.3 cm³/mol. The van der Waals surface area contributed by atoms with Gasteiger partial charge in [0.25, 0.3) is 0 Å². The molecule has 1 aliphatic heterocycles. The SMILES string of the molecule is CC1(C)[C@H]2CCC3(CO3)[C@@H]1C2. The second kappa shape index (κ2) is 1.52. The molecule has 0 N–H and O–H groups in total. The van der Waals surface area contributed by atoms with Gasteiger partial charge in [-0.05, 0) is 36.5 Å². The highest BCUT2D eigenvalue weighted by Crippen LogP contribution is 2.67. The Hall–Kier alpha value is -0.0400. The normalized spacial score (nSPS) is 57.3. The summed E-state index contributed by atoms with van der Waals surface area (Å²) < 4.78 is 5.62. The van der Waals surface area contributed by atoms with Crippen LogP contribution >= 0.6 is 0 Å². The van der Waals surface area contributed by atoms with Gasteiger partial charge < -0.3 is 4.74 Å². The Morgan fingerprint density at radius 2 is 2.09 bits per heavy atom. The zero-order chi connectivity index (χ0) is 7.69. The van der Waals surface area contributed by atoms with Crippen molar-refractivity contribution in [3.63, 3.8) is 0 Å².